The first-order valence-corrected chi connectivity index (χ1v) is 11.2. The van der Waals surface area contributed by atoms with Crippen LogP contribution >= 0.6 is 11.3 Å². The van der Waals surface area contributed by atoms with E-state index >= 15 is 0 Å². The Morgan fingerprint density at radius 3 is 2.67 bits per heavy atom. The molecule has 1 aliphatic rings. The third kappa shape index (κ3) is 4.75. The van der Waals surface area contributed by atoms with Gasteiger partial charge >= 0.3 is 0 Å². The minimum atomic E-state index is -3.50. The Hall–Kier alpha value is -2.21. The van der Waals surface area contributed by atoms with E-state index in [0.29, 0.717) is 29.4 Å². The van der Waals surface area contributed by atoms with Crippen molar-refractivity contribution in [3.8, 4) is 6.07 Å². The van der Waals surface area contributed by atoms with Gasteiger partial charge in [0.15, 0.2) is 0 Å². The van der Waals surface area contributed by atoms with E-state index in [1.165, 1.54) is 11.3 Å². The fraction of sp³-hybridized carbons (Fsp3) is 0.368. The molecule has 3 rings (SSSR count). The van der Waals surface area contributed by atoms with Crippen LogP contribution in [0.5, 0.6) is 0 Å². The average molecular weight is 403 g/mol. The number of hydrogen-bond acceptors (Lipinski definition) is 6. The maximum absolute atomic E-state index is 12.9. The summed E-state index contributed by atoms with van der Waals surface area (Å²) in [6, 6.07) is 8.84. The van der Waals surface area contributed by atoms with Crippen molar-refractivity contribution < 1.29 is 8.42 Å². The average Bonchev–Trinajstić information content (AvgIpc) is 2.92. The van der Waals surface area contributed by atoms with Gasteiger partial charge in [-0.05, 0) is 38.0 Å². The lowest BCUT2D eigenvalue weighted by molar-refractivity contribution is 0.424. The van der Waals surface area contributed by atoms with Gasteiger partial charge in [0.1, 0.15) is 16.6 Å². The number of benzene rings is 1. The van der Waals surface area contributed by atoms with Crippen LogP contribution in [0, 0.1) is 18.3 Å². The van der Waals surface area contributed by atoms with Crippen LogP contribution in [-0.4, -0.2) is 30.8 Å². The highest BCUT2D eigenvalue weighted by Gasteiger charge is 2.25. The SMILES string of the molecule is Cc1csc(/C(C#N)=C/Nc2cccc(S(=O)(=O)N3CCCCCC3)c2)n1. The van der Waals surface area contributed by atoms with Crippen LogP contribution in [0.3, 0.4) is 0 Å². The summed E-state index contributed by atoms with van der Waals surface area (Å²) in [5.41, 5.74) is 1.89. The van der Waals surface area contributed by atoms with Crippen LogP contribution in [0.2, 0.25) is 0 Å². The standard InChI is InChI=1S/C19H22N4O2S2/c1-15-14-26-19(22-15)16(12-20)13-21-17-7-6-8-18(11-17)27(24,25)23-9-4-2-3-5-10-23/h6-8,11,13-14,21H,2-5,9-10H2,1H3/b16-13+. The quantitative estimate of drug-likeness (QED) is 0.764. The van der Waals surface area contributed by atoms with Crippen LogP contribution in [0.15, 0.2) is 40.7 Å². The summed E-state index contributed by atoms with van der Waals surface area (Å²) in [7, 11) is -3.50. The number of rotatable bonds is 5. The molecule has 0 spiro atoms. The maximum Gasteiger partial charge on any atom is 0.243 e. The summed E-state index contributed by atoms with van der Waals surface area (Å²) in [4.78, 5) is 4.58. The van der Waals surface area contributed by atoms with Crippen molar-refractivity contribution in [2.24, 2.45) is 0 Å². The molecule has 0 atom stereocenters. The van der Waals surface area contributed by atoms with Crippen molar-refractivity contribution in [2.45, 2.75) is 37.5 Å². The van der Waals surface area contributed by atoms with Gasteiger partial charge in [0.2, 0.25) is 10.0 Å². The zero-order valence-electron chi connectivity index (χ0n) is 15.2. The lowest BCUT2D eigenvalue weighted by Crippen LogP contribution is -2.31. The topological polar surface area (TPSA) is 86.1 Å². The minimum absolute atomic E-state index is 0.270. The fourth-order valence-electron chi connectivity index (χ4n) is 2.95. The molecule has 142 valence electrons. The number of nitrogens with one attached hydrogen (secondary N) is 1. The molecule has 1 aromatic heterocycles. The highest BCUT2D eigenvalue weighted by atomic mass is 32.2. The van der Waals surface area contributed by atoms with Crippen LogP contribution in [-0.2, 0) is 10.0 Å². The number of sulfonamides is 1. The summed E-state index contributed by atoms with van der Waals surface area (Å²) >= 11 is 1.40. The third-order valence-corrected chi connectivity index (χ3v) is 7.28. The number of anilines is 1. The zero-order chi connectivity index (χ0) is 19.3. The smallest absolute Gasteiger partial charge is 0.243 e. The van der Waals surface area contributed by atoms with E-state index in [1.807, 2.05) is 12.3 Å². The molecule has 8 heteroatoms. The molecule has 0 amide bonds. The van der Waals surface area contributed by atoms with Crippen molar-refractivity contribution in [3.63, 3.8) is 0 Å². The van der Waals surface area contributed by atoms with Crippen LogP contribution in [0.25, 0.3) is 5.57 Å². The van der Waals surface area contributed by atoms with Gasteiger partial charge in [-0.3, -0.25) is 0 Å². The molecule has 1 aliphatic heterocycles. The van der Waals surface area contributed by atoms with Crippen molar-refractivity contribution >= 4 is 32.6 Å². The Morgan fingerprint density at radius 1 is 1.30 bits per heavy atom. The van der Waals surface area contributed by atoms with Crippen LogP contribution < -0.4 is 5.32 Å². The Morgan fingerprint density at radius 2 is 2.04 bits per heavy atom. The zero-order valence-corrected chi connectivity index (χ0v) is 16.8. The first kappa shape index (κ1) is 19.5. The number of allylic oxidation sites excluding steroid dienone is 1. The number of aromatic nitrogens is 1. The molecule has 2 heterocycles. The van der Waals surface area contributed by atoms with Gasteiger partial charge in [0, 0.05) is 36.1 Å². The molecule has 27 heavy (non-hydrogen) atoms. The summed E-state index contributed by atoms with van der Waals surface area (Å²) in [5, 5.41) is 14.9. The molecule has 2 aromatic rings. The van der Waals surface area contributed by atoms with Crippen LogP contribution in [0.4, 0.5) is 5.69 Å². The molecular weight excluding hydrogens is 380 g/mol. The van der Waals surface area contributed by atoms with Crippen molar-refractivity contribution in [1.29, 1.82) is 5.26 Å². The van der Waals surface area contributed by atoms with Gasteiger partial charge in [-0.25, -0.2) is 13.4 Å². The Balaban J connectivity index is 1.81. The van der Waals surface area contributed by atoms with E-state index in [2.05, 4.69) is 16.4 Å². The Bertz CT molecular complexity index is 966. The number of thiazole rings is 1. The summed E-state index contributed by atoms with van der Waals surface area (Å²) in [6.45, 7) is 3.02. The molecular formula is C19H22N4O2S2. The molecule has 1 saturated heterocycles. The minimum Gasteiger partial charge on any atom is -0.360 e. The molecule has 1 aromatic carbocycles. The molecule has 0 aliphatic carbocycles. The van der Waals surface area contributed by atoms with E-state index in [-0.39, 0.29) is 4.90 Å². The normalized spacial score (nSPS) is 16.5. The molecule has 0 radical (unpaired) electrons. The molecule has 6 nitrogen and oxygen atoms in total. The molecule has 0 bridgehead atoms. The lowest BCUT2D eigenvalue weighted by atomic mass is 10.2. The Labute approximate surface area is 164 Å². The fourth-order valence-corrected chi connectivity index (χ4v) is 5.28. The van der Waals surface area contributed by atoms with Crippen molar-refractivity contribution in [2.75, 3.05) is 18.4 Å². The second-order valence-corrected chi connectivity index (χ2v) is 9.25. The first-order chi connectivity index (χ1) is 13.0. The summed E-state index contributed by atoms with van der Waals surface area (Å²) in [6.07, 6.45) is 5.52. The predicted molar refractivity (Wildman–Crippen MR) is 108 cm³/mol. The van der Waals surface area contributed by atoms with E-state index in [1.54, 1.807) is 34.8 Å². The molecule has 1 fully saturated rings. The second-order valence-electron chi connectivity index (χ2n) is 6.45. The third-order valence-electron chi connectivity index (χ3n) is 4.39. The van der Waals surface area contributed by atoms with Gasteiger partial charge in [-0.1, -0.05) is 18.9 Å². The highest BCUT2D eigenvalue weighted by molar-refractivity contribution is 7.89. The highest BCUT2D eigenvalue weighted by Crippen LogP contribution is 2.24. The monoisotopic (exact) mass is 402 g/mol. The van der Waals surface area contributed by atoms with Gasteiger partial charge in [0.25, 0.3) is 0 Å². The molecule has 1 N–H and O–H groups in total. The van der Waals surface area contributed by atoms with Gasteiger partial charge in [0.05, 0.1) is 4.90 Å². The van der Waals surface area contributed by atoms with E-state index in [0.717, 1.165) is 31.4 Å². The molecule has 0 unspecified atom stereocenters. The Kier molecular flexibility index (Phi) is 6.26. The van der Waals surface area contributed by atoms with E-state index in [9.17, 15) is 13.7 Å². The number of hydrogen-bond donors (Lipinski definition) is 1. The number of aryl methyl sites for hydroxylation is 1. The second kappa shape index (κ2) is 8.65. The van der Waals surface area contributed by atoms with Gasteiger partial charge in [-0.15, -0.1) is 11.3 Å². The van der Waals surface area contributed by atoms with Gasteiger partial charge in [-0.2, -0.15) is 9.57 Å². The van der Waals surface area contributed by atoms with Gasteiger partial charge < -0.3 is 5.32 Å². The summed E-state index contributed by atoms with van der Waals surface area (Å²) in [5.74, 6) is 0. The predicted octanol–water partition coefficient (Wildman–Crippen LogP) is 3.99. The lowest BCUT2D eigenvalue weighted by Gasteiger charge is -2.20. The van der Waals surface area contributed by atoms with E-state index in [4.69, 9.17) is 0 Å². The number of nitrogens with zero attached hydrogens (tertiary/aromatic N) is 3. The van der Waals surface area contributed by atoms with E-state index < -0.39 is 10.0 Å². The van der Waals surface area contributed by atoms with Crippen LogP contribution in [0.1, 0.15) is 36.4 Å². The largest absolute Gasteiger partial charge is 0.360 e. The van der Waals surface area contributed by atoms with Crippen molar-refractivity contribution in [1.82, 2.24) is 9.29 Å². The first-order valence-electron chi connectivity index (χ1n) is 8.90. The maximum atomic E-state index is 12.9. The number of nitriles is 1. The molecule has 0 saturated carbocycles. The summed E-state index contributed by atoms with van der Waals surface area (Å²) < 4.78 is 27.4. The van der Waals surface area contributed by atoms with Crippen molar-refractivity contribution in [3.05, 3.63) is 46.5 Å².